The Hall–Kier alpha value is -3.66. The van der Waals surface area contributed by atoms with E-state index in [1.165, 1.54) is 19.1 Å². The van der Waals surface area contributed by atoms with Crippen LogP contribution >= 0.6 is 11.6 Å². The van der Waals surface area contributed by atoms with Crippen molar-refractivity contribution in [1.82, 2.24) is 14.7 Å². The highest BCUT2D eigenvalue weighted by Crippen LogP contribution is 2.35. The molecule has 0 unspecified atom stereocenters. The van der Waals surface area contributed by atoms with Crippen molar-refractivity contribution in [2.24, 2.45) is 0 Å². The van der Waals surface area contributed by atoms with Crippen LogP contribution < -0.4 is 10.9 Å². The maximum absolute atomic E-state index is 13.2. The van der Waals surface area contributed by atoms with E-state index >= 15 is 0 Å². The molecule has 32 heavy (non-hydrogen) atoms. The van der Waals surface area contributed by atoms with Gasteiger partial charge in [0.25, 0.3) is 11.3 Å². The summed E-state index contributed by atoms with van der Waals surface area (Å²) in [5, 5.41) is 6.65. The molecule has 1 amide bonds. The average molecular weight is 463 g/mol. The molecule has 1 atom stereocenters. The zero-order valence-corrected chi connectivity index (χ0v) is 17.1. The van der Waals surface area contributed by atoms with Gasteiger partial charge in [0, 0.05) is 10.6 Å². The smallest absolute Gasteiger partial charge is 0.335 e. The van der Waals surface area contributed by atoms with Crippen molar-refractivity contribution in [3.8, 4) is 11.3 Å². The normalized spacial score (nSPS) is 12.7. The highest BCUT2D eigenvalue weighted by Gasteiger charge is 2.34. The van der Waals surface area contributed by atoms with Gasteiger partial charge >= 0.3 is 6.18 Å². The van der Waals surface area contributed by atoms with Crippen molar-refractivity contribution in [2.45, 2.75) is 19.1 Å². The summed E-state index contributed by atoms with van der Waals surface area (Å²) in [5.41, 5.74) is -1.32. The molecule has 4 rings (SSSR count). The Kier molecular flexibility index (Phi) is 5.47. The van der Waals surface area contributed by atoms with Crippen LogP contribution in [-0.4, -0.2) is 20.6 Å². The number of nitrogens with one attached hydrogen (secondary N) is 1. The van der Waals surface area contributed by atoms with Gasteiger partial charge in [-0.15, -0.1) is 0 Å². The molecular weight excluding hydrogens is 449 g/mol. The molecule has 2 aromatic carbocycles. The number of carbonyl (C=O) groups is 1. The maximum Gasteiger partial charge on any atom is 0.418 e. The van der Waals surface area contributed by atoms with E-state index in [0.29, 0.717) is 10.6 Å². The predicted molar refractivity (Wildman–Crippen MR) is 111 cm³/mol. The van der Waals surface area contributed by atoms with Gasteiger partial charge in [-0.3, -0.25) is 14.2 Å². The third-order valence-corrected chi connectivity index (χ3v) is 5.08. The molecule has 4 aromatic rings. The zero-order chi connectivity index (χ0) is 23.0. The lowest BCUT2D eigenvalue weighted by Crippen LogP contribution is -2.32. The van der Waals surface area contributed by atoms with Gasteiger partial charge in [-0.25, -0.2) is 4.98 Å². The number of amides is 1. The van der Waals surface area contributed by atoms with Gasteiger partial charge in [-0.05, 0) is 31.2 Å². The molecule has 0 aliphatic heterocycles. The number of carbonyl (C=O) groups excluding carboxylic acids is 1. The number of anilines is 1. The number of para-hydroxylation sites is 1. The van der Waals surface area contributed by atoms with Crippen molar-refractivity contribution in [3.63, 3.8) is 0 Å². The minimum absolute atomic E-state index is 0.0326. The van der Waals surface area contributed by atoms with Crippen LogP contribution in [0.15, 0.2) is 64.2 Å². The minimum Gasteiger partial charge on any atom is -0.335 e. The van der Waals surface area contributed by atoms with Crippen LogP contribution in [0.2, 0.25) is 5.02 Å². The van der Waals surface area contributed by atoms with Gasteiger partial charge in [0.1, 0.15) is 23.4 Å². The number of aromatic nitrogens is 3. The van der Waals surface area contributed by atoms with Crippen LogP contribution in [0, 0.1) is 0 Å². The molecule has 11 heteroatoms. The molecule has 2 aromatic heterocycles. The Bertz CT molecular complexity index is 1360. The number of rotatable bonds is 4. The van der Waals surface area contributed by atoms with E-state index < -0.39 is 34.9 Å². The molecule has 7 nitrogen and oxygen atoms in total. The summed E-state index contributed by atoms with van der Waals surface area (Å²) in [7, 11) is 0. The number of halogens is 4. The summed E-state index contributed by atoms with van der Waals surface area (Å²) < 4.78 is 45.8. The number of hydrogen-bond donors (Lipinski definition) is 1. The Balaban J connectivity index is 1.70. The number of nitrogens with zero attached hydrogens (tertiary/aromatic N) is 3. The summed E-state index contributed by atoms with van der Waals surface area (Å²) in [6, 6.07) is 9.90. The van der Waals surface area contributed by atoms with Gasteiger partial charge in [-0.1, -0.05) is 41.0 Å². The molecule has 164 valence electrons. The molecule has 1 N–H and O–H groups in total. The lowest BCUT2D eigenvalue weighted by atomic mass is 10.1. The highest BCUT2D eigenvalue weighted by atomic mass is 35.5. The molecule has 0 fully saturated rings. The van der Waals surface area contributed by atoms with Crippen LogP contribution in [0.1, 0.15) is 18.5 Å². The van der Waals surface area contributed by atoms with Gasteiger partial charge in [0.15, 0.2) is 0 Å². The lowest BCUT2D eigenvalue weighted by Gasteiger charge is -2.17. The number of fused-ring (bicyclic) bond motifs is 1. The zero-order valence-electron chi connectivity index (χ0n) is 16.4. The van der Waals surface area contributed by atoms with Crippen molar-refractivity contribution in [1.29, 1.82) is 0 Å². The van der Waals surface area contributed by atoms with Gasteiger partial charge in [0.05, 0.1) is 11.3 Å². The first kappa shape index (κ1) is 21.6. The molecule has 0 radical (unpaired) electrons. The fourth-order valence-corrected chi connectivity index (χ4v) is 3.27. The third kappa shape index (κ3) is 3.96. The second kappa shape index (κ2) is 8.12. The Labute approximate surface area is 183 Å². The van der Waals surface area contributed by atoms with Crippen LogP contribution in [-0.2, 0) is 11.0 Å². The quantitative estimate of drug-likeness (QED) is 0.465. The predicted octanol–water partition coefficient (Wildman–Crippen LogP) is 4.92. The average Bonchev–Trinajstić information content (AvgIpc) is 3.19. The molecular formula is C21H14ClF3N4O3. The SMILES string of the molecule is C[C@H](C(=O)Nc1ccccc1C(F)(F)F)n1cnc2onc(-c3ccc(Cl)cc3)c2c1=O. The monoisotopic (exact) mass is 462 g/mol. The first-order valence-electron chi connectivity index (χ1n) is 9.26. The van der Waals surface area contributed by atoms with Gasteiger partial charge in [-0.2, -0.15) is 13.2 Å². The van der Waals surface area contributed by atoms with Crippen LogP contribution in [0.25, 0.3) is 22.4 Å². The fourth-order valence-electron chi connectivity index (χ4n) is 3.14. The van der Waals surface area contributed by atoms with Crippen LogP contribution in [0.4, 0.5) is 18.9 Å². The van der Waals surface area contributed by atoms with Crippen molar-refractivity contribution >= 4 is 34.3 Å². The third-order valence-electron chi connectivity index (χ3n) is 4.83. The summed E-state index contributed by atoms with van der Waals surface area (Å²) in [5.74, 6) is -0.825. The van der Waals surface area contributed by atoms with Crippen LogP contribution in [0.3, 0.4) is 0 Å². The van der Waals surface area contributed by atoms with Gasteiger partial charge in [0.2, 0.25) is 5.91 Å². The topological polar surface area (TPSA) is 90.0 Å². The summed E-state index contributed by atoms with van der Waals surface area (Å²) in [6.07, 6.45) is -3.57. The molecule has 0 saturated heterocycles. The number of alkyl halides is 3. The Morgan fingerprint density at radius 2 is 1.84 bits per heavy atom. The second-order valence-electron chi connectivity index (χ2n) is 6.88. The fraction of sp³-hybridized carbons (Fsp3) is 0.143. The van der Waals surface area contributed by atoms with Crippen molar-refractivity contribution in [2.75, 3.05) is 5.32 Å². The maximum atomic E-state index is 13.2. The Morgan fingerprint density at radius 1 is 1.16 bits per heavy atom. The molecule has 0 saturated carbocycles. The summed E-state index contributed by atoms with van der Waals surface area (Å²) in [4.78, 5) is 29.8. The van der Waals surface area contributed by atoms with E-state index in [0.717, 1.165) is 23.0 Å². The summed E-state index contributed by atoms with van der Waals surface area (Å²) >= 11 is 5.89. The van der Waals surface area contributed by atoms with E-state index in [-0.39, 0.29) is 16.8 Å². The Morgan fingerprint density at radius 3 is 2.53 bits per heavy atom. The van der Waals surface area contributed by atoms with Gasteiger partial charge < -0.3 is 9.84 Å². The second-order valence-corrected chi connectivity index (χ2v) is 7.32. The van der Waals surface area contributed by atoms with Crippen LogP contribution in [0.5, 0.6) is 0 Å². The van der Waals surface area contributed by atoms with E-state index in [2.05, 4.69) is 15.5 Å². The van der Waals surface area contributed by atoms with E-state index in [9.17, 15) is 22.8 Å². The summed E-state index contributed by atoms with van der Waals surface area (Å²) in [6.45, 7) is 1.37. The van der Waals surface area contributed by atoms with Crippen molar-refractivity contribution in [3.05, 3.63) is 75.8 Å². The van der Waals surface area contributed by atoms with E-state index in [1.54, 1.807) is 24.3 Å². The van der Waals surface area contributed by atoms with E-state index in [1.807, 2.05) is 0 Å². The number of hydrogen-bond acceptors (Lipinski definition) is 5. The highest BCUT2D eigenvalue weighted by molar-refractivity contribution is 6.30. The molecule has 0 spiro atoms. The first-order valence-corrected chi connectivity index (χ1v) is 9.64. The minimum atomic E-state index is -4.65. The lowest BCUT2D eigenvalue weighted by molar-refractivity contribution is -0.137. The molecule has 0 aliphatic rings. The molecule has 0 bridgehead atoms. The molecule has 2 heterocycles. The van der Waals surface area contributed by atoms with E-state index in [4.69, 9.17) is 16.1 Å². The molecule has 0 aliphatic carbocycles. The first-order chi connectivity index (χ1) is 15.2. The van der Waals surface area contributed by atoms with Crippen molar-refractivity contribution < 1.29 is 22.5 Å². The largest absolute Gasteiger partial charge is 0.418 e. The number of benzene rings is 2. The standard InChI is InChI=1S/C21H14ClF3N4O3/c1-11(18(30)27-15-5-3-2-4-14(15)21(23,24)25)29-10-26-19-16(20(29)31)17(28-32-19)12-6-8-13(22)9-7-12/h2-11H,1H3,(H,27,30)/t11-/m1/s1.